The molecule has 0 fully saturated rings. The molecule has 2 N–H and O–H groups in total. The van der Waals surface area contributed by atoms with Crippen molar-refractivity contribution >= 4 is 28.5 Å². The van der Waals surface area contributed by atoms with Crippen LogP contribution in [0.2, 0.25) is 0 Å². The second kappa shape index (κ2) is 7.48. The number of ether oxygens (including phenoxy) is 1. The molecule has 0 aromatic carbocycles. The van der Waals surface area contributed by atoms with E-state index in [1.807, 2.05) is 12.3 Å². The summed E-state index contributed by atoms with van der Waals surface area (Å²) < 4.78 is 10.5. The molecule has 8 heteroatoms. The van der Waals surface area contributed by atoms with Gasteiger partial charge in [-0.05, 0) is 39.8 Å². The van der Waals surface area contributed by atoms with Crippen molar-refractivity contribution in [2.24, 2.45) is 0 Å². The minimum atomic E-state index is -0.838. The maximum atomic E-state index is 12.5. The number of thiazole rings is 1. The van der Waals surface area contributed by atoms with Crippen LogP contribution in [-0.2, 0) is 16.0 Å². The third kappa shape index (κ3) is 5.69. The summed E-state index contributed by atoms with van der Waals surface area (Å²) >= 11 is 1.32. The lowest BCUT2D eigenvalue weighted by Gasteiger charge is -2.22. The van der Waals surface area contributed by atoms with Crippen LogP contribution < -0.4 is 10.6 Å². The Morgan fingerprint density at radius 1 is 1.42 bits per heavy atom. The van der Waals surface area contributed by atoms with Crippen molar-refractivity contribution in [1.82, 2.24) is 10.3 Å². The van der Waals surface area contributed by atoms with Gasteiger partial charge in [0.2, 0.25) is 5.91 Å². The Hall–Kier alpha value is -2.35. The van der Waals surface area contributed by atoms with Crippen LogP contribution in [0, 0.1) is 6.92 Å². The number of carbonyl (C=O) groups excluding carboxylic acids is 2. The summed E-state index contributed by atoms with van der Waals surface area (Å²) in [6.45, 7) is 7.11. The van der Waals surface area contributed by atoms with E-state index in [-0.39, 0.29) is 12.3 Å². The number of alkyl carbamates (subject to hydrolysis) is 1. The highest BCUT2D eigenvalue weighted by atomic mass is 32.1. The predicted molar refractivity (Wildman–Crippen MR) is 91.1 cm³/mol. The molecule has 0 bridgehead atoms. The van der Waals surface area contributed by atoms with Gasteiger partial charge in [-0.15, -0.1) is 11.3 Å². The zero-order valence-corrected chi connectivity index (χ0v) is 14.9. The summed E-state index contributed by atoms with van der Waals surface area (Å²) in [4.78, 5) is 28.7. The van der Waals surface area contributed by atoms with Crippen molar-refractivity contribution in [3.05, 3.63) is 35.2 Å². The number of anilines is 1. The van der Waals surface area contributed by atoms with Crippen molar-refractivity contribution in [2.45, 2.75) is 45.8 Å². The van der Waals surface area contributed by atoms with Gasteiger partial charge in [-0.25, -0.2) is 9.78 Å². The molecule has 2 aromatic heterocycles. The fourth-order valence-electron chi connectivity index (χ4n) is 1.89. The number of aryl methyl sites for hydroxylation is 1. The molecule has 0 saturated carbocycles. The first kappa shape index (κ1) is 18.0. The molecule has 1 atom stereocenters. The molecule has 130 valence electrons. The van der Waals surface area contributed by atoms with Crippen LogP contribution in [0.3, 0.4) is 0 Å². The molecule has 0 radical (unpaired) electrons. The van der Waals surface area contributed by atoms with Gasteiger partial charge >= 0.3 is 6.09 Å². The van der Waals surface area contributed by atoms with Gasteiger partial charge in [0.1, 0.15) is 17.4 Å². The number of hydrogen-bond donors (Lipinski definition) is 2. The normalized spacial score (nSPS) is 12.5. The summed E-state index contributed by atoms with van der Waals surface area (Å²) in [5, 5.41) is 7.59. The summed E-state index contributed by atoms with van der Waals surface area (Å²) in [5.74, 6) is 0.202. The van der Waals surface area contributed by atoms with Gasteiger partial charge in [0.15, 0.2) is 5.13 Å². The first-order chi connectivity index (χ1) is 11.2. The van der Waals surface area contributed by atoms with E-state index in [1.165, 1.54) is 17.6 Å². The van der Waals surface area contributed by atoms with Gasteiger partial charge in [-0.2, -0.15) is 0 Å². The molecular formula is C16H21N3O4S. The third-order valence-electron chi connectivity index (χ3n) is 2.84. The topological polar surface area (TPSA) is 93.5 Å². The van der Waals surface area contributed by atoms with Gasteiger partial charge in [-0.1, -0.05) is 0 Å². The zero-order chi connectivity index (χ0) is 17.7. The summed E-state index contributed by atoms with van der Waals surface area (Å²) in [6, 6.07) is 2.63. The Morgan fingerprint density at radius 3 is 2.71 bits per heavy atom. The van der Waals surface area contributed by atoms with Crippen LogP contribution in [-0.4, -0.2) is 28.6 Å². The fraction of sp³-hybridized carbons (Fsp3) is 0.438. The Bertz CT molecular complexity index is 688. The maximum Gasteiger partial charge on any atom is 0.408 e. The second-order valence-corrected chi connectivity index (χ2v) is 7.12. The van der Waals surface area contributed by atoms with E-state index in [1.54, 1.807) is 32.9 Å². The monoisotopic (exact) mass is 351 g/mol. The molecular weight excluding hydrogens is 330 g/mol. The average Bonchev–Trinajstić information content (AvgIpc) is 3.08. The van der Waals surface area contributed by atoms with Crippen LogP contribution in [0.15, 0.2) is 28.2 Å². The van der Waals surface area contributed by atoms with Crippen molar-refractivity contribution in [3.63, 3.8) is 0 Å². The lowest BCUT2D eigenvalue weighted by atomic mass is 10.1. The Balaban J connectivity index is 2.06. The molecule has 7 nitrogen and oxygen atoms in total. The van der Waals surface area contributed by atoms with Crippen LogP contribution in [0.1, 0.15) is 32.2 Å². The standard InChI is InChI=1S/C16H21N3O4S/c1-10-9-24-14(17-10)19-13(20)12(8-11-6-5-7-22-11)18-15(21)23-16(2,3)4/h5-7,9,12H,8H2,1-4H3,(H,18,21)(H,17,19,20). The van der Waals surface area contributed by atoms with Crippen LogP contribution in [0.4, 0.5) is 9.93 Å². The molecule has 0 saturated heterocycles. The first-order valence-electron chi connectivity index (χ1n) is 7.48. The number of carbonyl (C=O) groups is 2. The van der Waals surface area contributed by atoms with Gasteiger partial charge in [0.25, 0.3) is 0 Å². The summed E-state index contributed by atoms with van der Waals surface area (Å²) in [6.07, 6.45) is 1.06. The number of nitrogens with zero attached hydrogens (tertiary/aromatic N) is 1. The minimum absolute atomic E-state index is 0.211. The molecule has 2 rings (SSSR count). The number of hydrogen-bond acceptors (Lipinski definition) is 6. The van der Waals surface area contributed by atoms with E-state index in [0.717, 1.165) is 5.69 Å². The Kier molecular flexibility index (Phi) is 5.61. The van der Waals surface area contributed by atoms with Crippen LogP contribution in [0.25, 0.3) is 0 Å². The molecule has 2 heterocycles. The lowest BCUT2D eigenvalue weighted by Crippen LogP contribution is -2.47. The van der Waals surface area contributed by atoms with E-state index in [4.69, 9.17) is 9.15 Å². The Labute approximate surface area is 144 Å². The molecule has 0 aliphatic carbocycles. The van der Waals surface area contributed by atoms with E-state index in [9.17, 15) is 9.59 Å². The minimum Gasteiger partial charge on any atom is -0.469 e. The highest BCUT2D eigenvalue weighted by molar-refractivity contribution is 7.13. The van der Waals surface area contributed by atoms with Gasteiger partial charge < -0.3 is 19.8 Å². The number of furan rings is 1. The smallest absolute Gasteiger partial charge is 0.408 e. The molecule has 0 aliphatic rings. The van der Waals surface area contributed by atoms with Gasteiger partial charge in [-0.3, -0.25) is 4.79 Å². The largest absolute Gasteiger partial charge is 0.469 e. The quantitative estimate of drug-likeness (QED) is 0.863. The number of amides is 2. The third-order valence-corrected chi connectivity index (χ3v) is 3.72. The molecule has 2 aromatic rings. The maximum absolute atomic E-state index is 12.5. The van der Waals surface area contributed by atoms with Crippen molar-refractivity contribution < 1.29 is 18.7 Å². The van der Waals surface area contributed by atoms with Crippen LogP contribution >= 0.6 is 11.3 Å². The van der Waals surface area contributed by atoms with Crippen molar-refractivity contribution in [1.29, 1.82) is 0 Å². The first-order valence-corrected chi connectivity index (χ1v) is 8.36. The fourth-order valence-corrected chi connectivity index (χ4v) is 2.58. The number of nitrogens with one attached hydrogen (secondary N) is 2. The Morgan fingerprint density at radius 2 is 2.17 bits per heavy atom. The lowest BCUT2D eigenvalue weighted by molar-refractivity contribution is -0.118. The van der Waals surface area contributed by atoms with E-state index < -0.39 is 17.7 Å². The molecule has 24 heavy (non-hydrogen) atoms. The predicted octanol–water partition coefficient (Wildman–Crippen LogP) is 3.12. The number of aromatic nitrogens is 1. The summed E-state index contributed by atoms with van der Waals surface area (Å²) in [7, 11) is 0. The van der Waals surface area contributed by atoms with E-state index in [2.05, 4.69) is 15.6 Å². The van der Waals surface area contributed by atoms with Gasteiger partial charge in [0, 0.05) is 11.8 Å². The SMILES string of the molecule is Cc1csc(NC(=O)C(Cc2ccco2)NC(=O)OC(C)(C)C)n1. The van der Waals surface area contributed by atoms with Gasteiger partial charge in [0.05, 0.1) is 12.0 Å². The second-order valence-electron chi connectivity index (χ2n) is 6.27. The molecule has 0 spiro atoms. The van der Waals surface area contributed by atoms with Crippen molar-refractivity contribution in [3.8, 4) is 0 Å². The van der Waals surface area contributed by atoms with Crippen molar-refractivity contribution in [2.75, 3.05) is 5.32 Å². The highest BCUT2D eigenvalue weighted by Crippen LogP contribution is 2.16. The molecule has 1 unspecified atom stereocenters. The molecule has 0 aliphatic heterocycles. The van der Waals surface area contributed by atoms with E-state index >= 15 is 0 Å². The summed E-state index contributed by atoms with van der Waals surface area (Å²) in [5.41, 5.74) is 0.167. The average molecular weight is 351 g/mol. The number of rotatable bonds is 5. The van der Waals surface area contributed by atoms with Crippen LogP contribution in [0.5, 0.6) is 0 Å². The zero-order valence-electron chi connectivity index (χ0n) is 14.1. The molecule has 2 amide bonds. The highest BCUT2D eigenvalue weighted by Gasteiger charge is 2.26. The van der Waals surface area contributed by atoms with E-state index in [0.29, 0.717) is 10.9 Å².